The minimum atomic E-state index is -0.237. The first-order chi connectivity index (χ1) is 9.77. The van der Waals surface area contributed by atoms with E-state index in [1.54, 1.807) is 6.07 Å². The molecule has 0 spiro atoms. The van der Waals surface area contributed by atoms with Crippen LogP contribution >= 0.6 is 0 Å². The summed E-state index contributed by atoms with van der Waals surface area (Å²) in [6.07, 6.45) is 0. The van der Waals surface area contributed by atoms with Gasteiger partial charge >= 0.3 is 0 Å². The Morgan fingerprint density at radius 2 is 1.48 bits per heavy atom. The maximum Gasteiger partial charge on any atom is 0.139 e. The highest BCUT2D eigenvalue weighted by Crippen LogP contribution is 2.28. The standard InChI is InChI=1S/C20H21F/c1-14-6-8-16(9-7-14)10-11-17-18(20(3,4)5)12-15(2)13-19(17)21/h6-9,12-13H,1-5H3. The molecular weight excluding hydrogens is 259 g/mol. The van der Waals surface area contributed by atoms with Crippen LogP contribution in [0.2, 0.25) is 0 Å². The van der Waals surface area contributed by atoms with Crippen LogP contribution < -0.4 is 0 Å². The number of hydrogen-bond acceptors (Lipinski definition) is 0. The fourth-order valence-electron chi connectivity index (χ4n) is 2.23. The van der Waals surface area contributed by atoms with Crippen LogP contribution in [0.25, 0.3) is 0 Å². The zero-order chi connectivity index (χ0) is 15.6. The number of benzene rings is 2. The van der Waals surface area contributed by atoms with Crippen LogP contribution in [0.3, 0.4) is 0 Å². The summed E-state index contributed by atoms with van der Waals surface area (Å²) in [6, 6.07) is 11.5. The minimum Gasteiger partial charge on any atom is -0.206 e. The molecule has 0 fully saturated rings. The van der Waals surface area contributed by atoms with Gasteiger partial charge in [0.15, 0.2) is 0 Å². The highest BCUT2D eigenvalue weighted by molar-refractivity contribution is 5.50. The lowest BCUT2D eigenvalue weighted by Crippen LogP contribution is -2.14. The molecular formula is C20H21F. The van der Waals surface area contributed by atoms with E-state index < -0.39 is 0 Å². The lowest BCUT2D eigenvalue weighted by molar-refractivity contribution is 0.567. The molecule has 0 aliphatic heterocycles. The van der Waals surface area contributed by atoms with Crippen LogP contribution in [0.1, 0.15) is 48.6 Å². The Morgan fingerprint density at radius 3 is 2.05 bits per heavy atom. The largest absolute Gasteiger partial charge is 0.206 e. The van der Waals surface area contributed by atoms with E-state index >= 15 is 0 Å². The number of aryl methyl sites for hydroxylation is 2. The second kappa shape index (κ2) is 5.74. The molecule has 0 atom stereocenters. The highest BCUT2D eigenvalue weighted by Gasteiger charge is 2.20. The van der Waals surface area contributed by atoms with E-state index in [2.05, 4.69) is 32.6 Å². The number of rotatable bonds is 0. The van der Waals surface area contributed by atoms with Gasteiger partial charge in [-0.2, -0.15) is 0 Å². The van der Waals surface area contributed by atoms with Crippen molar-refractivity contribution >= 4 is 0 Å². The minimum absolute atomic E-state index is 0.135. The van der Waals surface area contributed by atoms with Gasteiger partial charge in [-0.05, 0) is 48.6 Å². The second-order valence-electron chi connectivity index (χ2n) is 6.54. The molecule has 0 aromatic heterocycles. The van der Waals surface area contributed by atoms with Crippen LogP contribution in [-0.4, -0.2) is 0 Å². The van der Waals surface area contributed by atoms with Crippen molar-refractivity contribution in [1.82, 2.24) is 0 Å². The Labute approximate surface area is 127 Å². The van der Waals surface area contributed by atoms with Gasteiger partial charge in [0.1, 0.15) is 5.82 Å². The molecule has 0 unspecified atom stereocenters. The summed E-state index contributed by atoms with van der Waals surface area (Å²) in [6.45, 7) is 10.2. The average Bonchev–Trinajstić information content (AvgIpc) is 2.38. The Balaban J connectivity index is 2.52. The van der Waals surface area contributed by atoms with Crippen molar-refractivity contribution in [3.05, 3.63) is 70.0 Å². The molecule has 0 heterocycles. The SMILES string of the molecule is Cc1ccc(C#Cc2c(F)cc(C)cc2C(C)(C)C)cc1. The normalized spacial score (nSPS) is 11.0. The van der Waals surface area contributed by atoms with Gasteiger partial charge < -0.3 is 0 Å². The molecule has 2 aromatic carbocycles. The van der Waals surface area contributed by atoms with Gasteiger partial charge in [-0.1, -0.05) is 56.4 Å². The quantitative estimate of drug-likeness (QED) is 0.586. The first kappa shape index (κ1) is 15.3. The van der Waals surface area contributed by atoms with Crippen LogP contribution in [0.4, 0.5) is 4.39 Å². The molecule has 2 aromatic rings. The topological polar surface area (TPSA) is 0 Å². The fourth-order valence-corrected chi connectivity index (χ4v) is 2.23. The summed E-state index contributed by atoms with van der Waals surface area (Å²) < 4.78 is 14.3. The molecule has 0 aliphatic rings. The molecule has 0 aliphatic carbocycles. The van der Waals surface area contributed by atoms with Crippen LogP contribution in [0, 0.1) is 31.5 Å². The lowest BCUT2D eigenvalue weighted by Gasteiger charge is -2.22. The summed E-state index contributed by atoms with van der Waals surface area (Å²) in [7, 11) is 0. The Hall–Kier alpha value is -2.07. The van der Waals surface area contributed by atoms with E-state index in [0.717, 1.165) is 16.7 Å². The Bertz CT molecular complexity index is 704. The molecule has 1 heteroatoms. The third-order valence-electron chi connectivity index (χ3n) is 3.43. The fraction of sp³-hybridized carbons (Fsp3) is 0.300. The summed E-state index contributed by atoms with van der Waals surface area (Å²) in [4.78, 5) is 0. The predicted molar refractivity (Wildman–Crippen MR) is 87.0 cm³/mol. The molecule has 2 rings (SSSR count). The molecule has 0 saturated carbocycles. The van der Waals surface area contributed by atoms with Gasteiger partial charge in [0.05, 0.1) is 5.56 Å². The highest BCUT2D eigenvalue weighted by atomic mass is 19.1. The average molecular weight is 280 g/mol. The second-order valence-corrected chi connectivity index (χ2v) is 6.54. The van der Waals surface area contributed by atoms with Crippen molar-refractivity contribution in [2.45, 2.75) is 40.0 Å². The Kier molecular flexibility index (Phi) is 4.19. The zero-order valence-corrected chi connectivity index (χ0v) is 13.3. The van der Waals surface area contributed by atoms with Crippen molar-refractivity contribution in [2.75, 3.05) is 0 Å². The van der Waals surface area contributed by atoms with E-state index in [9.17, 15) is 4.39 Å². The van der Waals surface area contributed by atoms with Crippen molar-refractivity contribution in [3.63, 3.8) is 0 Å². The van der Waals surface area contributed by atoms with Crippen molar-refractivity contribution in [3.8, 4) is 11.8 Å². The van der Waals surface area contributed by atoms with Gasteiger partial charge in [0, 0.05) is 5.56 Å². The van der Waals surface area contributed by atoms with Crippen LogP contribution in [0.15, 0.2) is 36.4 Å². The molecule has 0 radical (unpaired) electrons. The first-order valence-corrected chi connectivity index (χ1v) is 7.17. The summed E-state index contributed by atoms with van der Waals surface area (Å²) in [5.41, 5.74) is 4.36. The number of halogens is 1. The zero-order valence-electron chi connectivity index (χ0n) is 13.3. The van der Waals surface area contributed by atoms with Crippen molar-refractivity contribution in [1.29, 1.82) is 0 Å². The van der Waals surface area contributed by atoms with E-state index in [1.165, 1.54) is 5.56 Å². The molecule has 0 bridgehead atoms. The van der Waals surface area contributed by atoms with Crippen molar-refractivity contribution < 1.29 is 4.39 Å². The van der Waals surface area contributed by atoms with Crippen molar-refractivity contribution in [2.24, 2.45) is 0 Å². The summed E-state index contributed by atoms with van der Waals surface area (Å²) in [5, 5.41) is 0. The van der Waals surface area contributed by atoms with Gasteiger partial charge in [-0.3, -0.25) is 0 Å². The van der Waals surface area contributed by atoms with Crippen LogP contribution in [-0.2, 0) is 5.41 Å². The third kappa shape index (κ3) is 3.73. The predicted octanol–water partition coefficient (Wildman–Crippen LogP) is 5.14. The van der Waals surface area contributed by atoms with Crippen LogP contribution in [0.5, 0.6) is 0 Å². The van der Waals surface area contributed by atoms with Gasteiger partial charge in [-0.25, -0.2) is 4.39 Å². The smallest absolute Gasteiger partial charge is 0.139 e. The van der Waals surface area contributed by atoms with Gasteiger partial charge in [0.25, 0.3) is 0 Å². The monoisotopic (exact) mass is 280 g/mol. The van der Waals surface area contributed by atoms with E-state index in [1.807, 2.05) is 44.2 Å². The molecule has 0 N–H and O–H groups in total. The summed E-state index contributed by atoms with van der Waals surface area (Å²) >= 11 is 0. The maximum absolute atomic E-state index is 14.3. The molecule has 0 amide bonds. The third-order valence-corrected chi connectivity index (χ3v) is 3.43. The van der Waals surface area contributed by atoms with Gasteiger partial charge in [0.2, 0.25) is 0 Å². The van der Waals surface area contributed by atoms with E-state index in [-0.39, 0.29) is 11.2 Å². The first-order valence-electron chi connectivity index (χ1n) is 7.17. The molecule has 0 saturated heterocycles. The Morgan fingerprint density at radius 1 is 0.857 bits per heavy atom. The molecule has 0 nitrogen and oxygen atoms in total. The number of hydrogen-bond donors (Lipinski definition) is 0. The lowest BCUT2D eigenvalue weighted by atomic mass is 9.82. The van der Waals surface area contributed by atoms with E-state index in [4.69, 9.17) is 0 Å². The summed E-state index contributed by atoms with van der Waals surface area (Å²) in [5.74, 6) is 5.86. The molecule has 108 valence electrons. The molecule has 21 heavy (non-hydrogen) atoms. The van der Waals surface area contributed by atoms with Gasteiger partial charge in [-0.15, -0.1) is 0 Å². The van der Waals surface area contributed by atoms with E-state index in [0.29, 0.717) is 5.56 Å². The maximum atomic E-state index is 14.3.